The maximum Gasteiger partial charge on any atom is 0.394 e. The van der Waals surface area contributed by atoms with Crippen LogP contribution in [0.15, 0.2) is 22.6 Å². The van der Waals surface area contributed by atoms with Gasteiger partial charge in [0.1, 0.15) is 12.2 Å². The summed E-state index contributed by atoms with van der Waals surface area (Å²) in [5.41, 5.74) is 7.65. The van der Waals surface area contributed by atoms with Crippen molar-refractivity contribution in [3.63, 3.8) is 0 Å². The first-order chi connectivity index (χ1) is 18.9. The highest BCUT2D eigenvalue weighted by Crippen LogP contribution is 2.41. The summed E-state index contributed by atoms with van der Waals surface area (Å²) in [6.07, 6.45) is 9.78. The Morgan fingerprint density at radius 3 is 2.54 bits per heavy atom. The number of ketones is 1. The van der Waals surface area contributed by atoms with Crippen LogP contribution in [-0.4, -0.2) is 60.0 Å². The molecule has 1 amide bonds. The molecule has 2 aromatic rings. The van der Waals surface area contributed by atoms with Gasteiger partial charge in [-0.15, -0.1) is 0 Å². The molecule has 0 spiro atoms. The average molecular weight is 542 g/mol. The highest BCUT2D eigenvalue weighted by molar-refractivity contribution is 5.93. The summed E-state index contributed by atoms with van der Waals surface area (Å²) in [6.45, 7) is 0.0862. The van der Waals surface area contributed by atoms with Gasteiger partial charge in [0.05, 0.1) is 13.2 Å². The fourth-order valence-corrected chi connectivity index (χ4v) is 7.25. The molecule has 2 saturated carbocycles. The number of aromatic nitrogens is 1. The maximum absolute atomic E-state index is 14.0. The van der Waals surface area contributed by atoms with Gasteiger partial charge >= 0.3 is 11.9 Å². The largest absolute Gasteiger partial charge is 0.462 e. The maximum atomic E-state index is 14.0. The third-order valence-corrected chi connectivity index (χ3v) is 9.41. The summed E-state index contributed by atoms with van der Waals surface area (Å²) in [5.74, 6) is -0.0142. The molecule has 0 unspecified atom stereocenters. The Labute approximate surface area is 228 Å². The summed E-state index contributed by atoms with van der Waals surface area (Å²) in [5, 5.41) is 0. The van der Waals surface area contributed by atoms with Crippen molar-refractivity contribution in [2.75, 3.05) is 20.3 Å². The van der Waals surface area contributed by atoms with E-state index >= 15 is 0 Å². The SMILES string of the molecule is COC(=O)c1nc2ccc(CC(=O)[C@@H]3[C@H](C4CCCCC4)CCN3C(=O)C3CCC([C@H](N)CF)CC3)cc2o1. The zero-order chi connectivity index (χ0) is 27.5. The number of likely N-dealkylation sites (tertiary alicyclic amines) is 1. The van der Waals surface area contributed by atoms with Gasteiger partial charge < -0.3 is 19.8 Å². The highest BCUT2D eigenvalue weighted by Gasteiger charge is 2.46. The van der Waals surface area contributed by atoms with Crippen molar-refractivity contribution in [1.82, 2.24) is 9.88 Å². The van der Waals surface area contributed by atoms with Crippen LogP contribution in [0.4, 0.5) is 4.39 Å². The van der Waals surface area contributed by atoms with E-state index in [2.05, 4.69) is 4.98 Å². The van der Waals surface area contributed by atoms with Crippen LogP contribution in [0.2, 0.25) is 0 Å². The van der Waals surface area contributed by atoms with Gasteiger partial charge in [-0.1, -0.05) is 38.2 Å². The number of fused-ring (bicyclic) bond motifs is 1. The molecule has 9 heteroatoms. The molecule has 2 heterocycles. The van der Waals surface area contributed by atoms with Crippen molar-refractivity contribution in [2.45, 2.75) is 82.7 Å². The molecule has 0 radical (unpaired) electrons. The molecule has 2 N–H and O–H groups in total. The Balaban J connectivity index is 1.34. The number of nitrogens with two attached hydrogens (primary N) is 1. The average Bonchev–Trinajstić information content (AvgIpc) is 3.61. The summed E-state index contributed by atoms with van der Waals surface area (Å²) >= 11 is 0. The normalized spacial score (nSPS) is 27.0. The lowest BCUT2D eigenvalue weighted by atomic mass is 9.75. The van der Waals surface area contributed by atoms with Gasteiger partial charge in [0.2, 0.25) is 5.91 Å². The van der Waals surface area contributed by atoms with E-state index in [-0.39, 0.29) is 41.8 Å². The van der Waals surface area contributed by atoms with Crippen molar-refractivity contribution < 1.29 is 27.9 Å². The molecular formula is C30H40FN3O5. The molecule has 1 aromatic heterocycles. The summed E-state index contributed by atoms with van der Waals surface area (Å²) < 4.78 is 23.3. The number of ether oxygens (including phenoxy) is 1. The lowest BCUT2D eigenvalue weighted by molar-refractivity contribution is -0.143. The lowest BCUT2D eigenvalue weighted by Crippen LogP contribution is -2.48. The minimum atomic E-state index is -0.653. The molecule has 1 aliphatic heterocycles. The minimum absolute atomic E-state index is 0.0524. The van der Waals surface area contributed by atoms with Crippen molar-refractivity contribution in [3.05, 3.63) is 29.7 Å². The van der Waals surface area contributed by atoms with Crippen LogP contribution < -0.4 is 5.73 Å². The Morgan fingerprint density at radius 1 is 1.10 bits per heavy atom. The van der Waals surface area contributed by atoms with Gasteiger partial charge in [-0.25, -0.2) is 14.2 Å². The Kier molecular flexibility index (Phi) is 8.64. The number of alkyl halides is 1. The zero-order valence-corrected chi connectivity index (χ0v) is 22.8. The molecule has 3 fully saturated rings. The quantitative estimate of drug-likeness (QED) is 0.485. The number of amides is 1. The number of methoxy groups -OCH3 is 1. The van der Waals surface area contributed by atoms with Crippen LogP contribution in [0.3, 0.4) is 0 Å². The summed E-state index contributed by atoms with van der Waals surface area (Å²) in [6, 6.07) is 4.44. The fourth-order valence-electron chi connectivity index (χ4n) is 7.25. The number of hydrogen-bond acceptors (Lipinski definition) is 7. The third kappa shape index (κ3) is 5.88. The van der Waals surface area contributed by atoms with E-state index < -0.39 is 24.7 Å². The Morgan fingerprint density at radius 2 is 1.85 bits per heavy atom. The third-order valence-electron chi connectivity index (χ3n) is 9.41. The Hall–Kier alpha value is -2.81. The van der Waals surface area contributed by atoms with E-state index in [9.17, 15) is 18.8 Å². The second kappa shape index (κ2) is 12.1. The van der Waals surface area contributed by atoms with Gasteiger partial charge in [0.15, 0.2) is 11.4 Å². The molecule has 2 aliphatic carbocycles. The topological polar surface area (TPSA) is 116 Å². The molecule has 212 valence electrons. The molecule has 1 aromatic carbocycles. The highest BCUT2D eigenvalue weighted by atomic mass is 19.1. The molecule has 0 bridgehead atoms. The second-order valence-electron chi connectivity index (χ2n) is 11.7. The van der Waals surface area contributed by atoms with Crippen LogP contribution >= 0.6 is 0 Å². The molecule has 3 atom stereocenters. The Bertz CT molecular complexity index is 1180. The molecule has 3 aliphatic rings. The fraction of sp³-hybridized carbons (Fsp3) is 0.667. The van der Waals surface area contributed by atoms with Crippen molar-refractivity contribution in [2.24, 2.45) is 29.4 Å². The molecule has 5 rings (SSSR count). The van der Waals surface area contributed by atoms with Crippen LogP contribution in [0.25, 0.3) is 11.1 Å². The first-order valence-corrected chi connectivity index (χ1v) is 14.5. The number of hydrogen-bond donors (Lipinski definition) is 1. The van der Waals surface area contributed by atoms with Crippen LogP contribution in [-0.2, 0) is 20.7 Å². The van der Waals surface area contributed by atoms with Gasteiger partial charge in [0.25, 0.3) is 0 Å². The predicted octanol–water partition coefficient (Wildman–Crippen LogP) is 4.63. The van der Waals surface area contributed by atoms with Crippen LogP contribution in [0.5, 0.6) is 0 Å². The van der Waals surface area contributed by atoms with E-state index in [0.29, 0.717) is 36.4 Å². The summed E-state index contributed by atoms with van der Waals surface area (Å²) in [4.78, 5) is 45.6. The van der Waals surface area contributed by atoms with Gasteiger partial charge in [-0.2, -0.15) is 0 Å². The van der Waals surface area contributed by atoms with E-state index in [4.69, 9.17) is 14.9 Å². The number of carbonyl (C=O) groups is 3. The monoisotopic (exact) mass is 541 g/mol. The molecule has 1 saturated heterocycles. The van der Waals surface area contributed by atoms with Crippen LogP contribution in [0.1, 0.15) is 80.5 Å². The molecule has 8 nitrogen and oxygen atoms in total. The number of Topliss-reactive ketones (excluding diaryl/α,β-unsaturated/α-hetero) is 1. The lowest BCUT2D eigenvalue weighted by Gasteiger charge is -2.37. The smallest absolute Gasteiger partial charge is 0.394 e. The van der Waals surface area contributed by atoms with E-state index in [1.165, 1.54) is 26.4 Å². The van der Waals surface area contributed by atoms with Gasteiger partial charge in [-0.3, -0.25) is 9.59 Å². The first kappa shape index (κ1) is 27.7. The number of nitrogens with zero attached hydrogens (tertiary/aromatic N) is 2. The number of oxazole rings is 1. The summed E-state index contributed by atoms with van der Waals surface area (Å²) in [7, 11) is 1.27. The number of halogens is 1. The van der Waals surface area contributed by atoms with E-state index in [1.54, 1.807) is 12.1 Å². The van der Waals surface area contributed by atoms with Crippen LogP contribution in [0, 0.1) is 23.7 Å². The van der Waals surface area contributed by atoms with Crippen molar-refractivity contribution >= 4 is 28.8 Å². The number of esters is 1. The number of rotatable bonds is 8. The minimum Gasteiger partial charge on any atom is -0.462 e. The molecular weight excluding hydrogens is 501 g/mol. The first-order valence-electron chi connectivity index (χ1n) is 14.5. The van der Waals surface area contributed by atoms with E-state index in [1.807, 2.05) is 11.0 Å². The van der Waals surface area contributed by atoms with Crippen molar-refractivity contribution in [1.29, 1.82) is 0 Å². The van der Waals surface area contributed by atoms with E-state index in [0.717, 1.165) is 37.7 Å². The predicted molar refractivity (Wildman–Crippen MR) is 144 cm³/mol. The van der Waals surface area contributed by atoms with Gasteiger partial charge in [0, 0.05) is 24.9 Å². The van der Waals surface area contributed by atoms with Crippen molar-refractivity contribution in [3.8, 4) is 0 Å². The standard InChI is InChI=1S/C30H40FN3O5/c1-38-30(37)28-33-24-12-7-18(16-26(24)39-28)15-25(35)27-22(19-5-3-2-4-6-19)13-14-34(27)29(36)21-10-8-20(9-11-21)23(32)17-31/h7,12,16,19-23,27H,2-6,8-11,13-15,17,32H2,1H3/t20?,21?,22-,23+,27-/m0/s1. The number of benzene rings is 1. The second-order valence-corrected chi connectivity index (χ2v) is 11.7. The zero-order valence-electron chi connectivity index (χ0n) is 22.8. The number of carbonyl (C=O) groups excluding carboxylic acids is 3. The molecule has 39 heavy (non-hydrogen) atoms. The van der Waals surface area contributed by atoms with Gasteiger partial charge in [-0.05, 0) is 67.6 Å².